The number of carbonyl (C=O) groups is 1. The zero-order valence-corrected chi connectivity index (χ0v) is 17.1. The van der Waals surface area contributed by atoms with Gasteiger partial charge in [0.1, 0.15) is 23.9 Å². The average Bonchev–Trinajstić information content (AvgIpc) is 3.31. The molecule has 0 amide bonds. The third-order valence-corrected chi connectivity index (χ3v) is 5.97. The van der Waals surface area contributed by atoms with Gasteiger partial charge in [-0.25, -0.2) is 0 Å². The Hall–Kier alpha value is -2.30. The molecular formula is C22H21ClO3S. The second kappa shape index (κ2) is 8.59. The molecule has 0 aliphatic rings. The molecule has 0 aliphatic carbocycles. The molecule has 2 aromatic heterocycles. The first kappa shape index (κ1) is 19.5. The van der Waals surface area contributed by atoms with Gasteiger partial charge >= 0.3 is 0 Å². The normalized spacial score (nSPS) is 11.3. The van der Waals surface area contributed by atoms with Crippen molar-refractivity contribution in [2.75, 3.05) is 0 Å². The van der Waals surface area contributed by atoms with Crippen molar-refractivity contribution in [2.24, 2.45) is 0 Å². The number of rotatable bonds is 7. The predicted octanol–water partition coefficient (Wildman–Crippen LogP) is 6.65. The average molecular weight is 401 g/mol. The van der Waals surface area contributed by atoms with Gasteiger partial charge in [0.2, 0.25) is 0 Å². The van der Waals surface area contributed by atoms with E-state index in [0.29, 0.717) is 18.1 Å². The summed E-state index contributed by atoms with van der Waals surface area (Å²) in [5.41, 5.74) is 1.96. The molecular weight excluding hydrogens is 380 g/mol. The summed E-state index contributed by atoms with van der Waals surface area (Å²) in [6.45, 7) is 6.29. The van der Waals surface area contributed by atoms with E-state index in [-0.39, 0.29) is 5.78 Å². The van der Waals surface area contributed by atoms with E-state index in [2.05, 4.69) is 6.92 Å². The van der Waals surface area contributed by atoms with Crippen LogP contribution in [-0.4, -0.2) is 5.78 Å². The topological polar surface area (TPSA) is 39.4 Å². The highest BCUT2D eigenvalue weighted by Gasteiger charge is 2.08. The monoisotopic (exact) mass is 400 g/mol. The van der Waals surface area contributed by atoms with Crippen LogP contribution in [0.1, 0.15) is 44.1 Å². The number of aryl methyl sites for hydroxylation is 3. The Bertz CT molecular complexity index is 958. The fraction of sp³-hybridized carbons (Fsp3) is 0.227. The number of benzene rings is 1. The standard InChI is InChI=1S/C22H21ClO3S/c1-4-19-8-10-21(27-19)20(24)9-7-16-5-6-17(26-16)13-25-18-11-14(2)22(23)15(3)12-18/h5-12H,4,13H2,1-3H3/b9-7+. The maximum Gasteiger partial charge on any atom is 0.195 e. The number of carbonyl (C=O) groups excluding carboxylic acids is 1. The summed E-state index contributed by atoms with van der Waals surface area (Å²) in [5, 5.41) is 0.759. The van der Waals surface area contributed by atoms with E-state index in [1.54, 1.807) is 12.2 Å². The van der Waals surface area contributed by atoms with E-state index in [0.717, 1.165) is 33.2 Å². The Morgan fingerprint density at radius 3 is 2.59 bits per heavy atom. The molecule has 0 N–H and O–H groups in total. The van der Waals surface area contributed by atoms with Crippen LogP contribution in [0.3, 0.4) is 0 Å². The summed E-state index contributed by atoms with van der Waals surface area (Å²) in [5.74, 6) is 2.05. The summed E-state index contributed by atoms with van der Waals surface area (Å²) in [6.07, 6.45) is 4.17. The predicted molar refractivity (Wildman–Crippen MR) is 111 cm³/mol. The van der Waals surface area contributed by atoms with Gasteiger partial charge in [-0.15, -0.1) is 11.3 Å². The summed E-state index contributed by atoms with van der Waals surface area (Å²) in [4.78, 5) is 14.2. The Morgan fingerprint density at radius 2 is 1.93 bits per heavy atom. The van der Waals surface area contributed by atoms with E-state index in [1.807, 2.05) is 50.2 Å². The van der Waals surface area contributed by atoms with Gasteiger partial charge < -0.3 is 9.15 Å². The van der Waals surface area contributed by atoms with Gasteiger partial charge in [-0.3, -0.25) is 4.79 Å². The molecule has 1 aromatic carbocycles. The van der Waals surface area contributed by atoms with Crippen molar-refractivity contribution in [3.63, 3.8) is 0 Å². The molecule has 27 heavy (non-hydrogen) atoms. The molecule has 3 aromatic rings. The molecule has 0 aliphatic heterocycles. The van der Waals surface area contributed by atoms with E-state index in [4.69, 9.17) is 20.8 Å². The first-order valence-electron chi connectivity index (χ1n) is 8.75. The number of hydrogen-bond donors (Lipinski definition) is 0. The minimum atomic E-state index is -0.0129. The third-order valence-electron chi connectivity index (χ3n) is 4.13. The summed E-state index contributed by atoms with van der Waals surface area (Å²) < 4.78 is 11.5. The molecule has 140 valence electrons. The number of hydrogen-bond acceptors (Lipinski definition) is 4. The maximum absolute atomic E-state index is 12.2. The van der Waals surface area contributed by atoms with Crippen LogP contribution < -0.4 is 4.74 Å². The molecule has 0 fully saturated rings. The van der Waals surface area contributed by atoms with Crippen molar-refractivity contribution >= 4 is 34.8 Å². The van der Waals surface area contributed by atoms with Crippen LogP contribution in [0.25, 0.3) is 6.08 Å². The zero-order chi connectivity index (χ0) is 19.4. The molecule has 5 heteroatoms. The second-order valence-electron chi connectivity index (χ2n) is 6.28. The fourth-order valence-corrected chi connectivity index (χ4v) is 3.62. The number of allylic oxidation sites excluding steroid dienone is 1. The summed E-state index contributed by atoms with van der Waals surface area (Å²) in [7, 11) is 0. The molecule has 0 saturated carbocycles. The Labute approximate surface area is 168 Å². The maximum atomic E-state index is 12.2. The molecule has 3 rings (SSSR count). The van der Waals surface area contributed by atoms with E-state index >= 15 is 0 Å². The van der Waals surface area contributed by atoms with Crippen LogP contribution in [-0.2, 0) is 13.0 Å². The van der Waals surface area contributed by atoms with Crippen LogP contribution in [0.5, 0.6) is 5.75 Å². The van der Waals surface area contributed by atoms with Crippen molar-refractivity contribution in [3.8, 4) is 5.75 Å². The fourth-order valence-electron chi connectivity index (χ4n) is 2.65. The third kappa shape index (κ3) is 4.90. The SMILES string of the molecule is CCc1ccc(C(=O)/C=C/c2ccc(COc3cc(C)c(Cl)c(C)c3)o2)s1. The van der Waals surface area contributed by atoms with Crippen LogP contribution in [0.15, 0.2) is 46.9 Å². The number of ketones is 1. The van der Waals surface area contributed by atoms with E-state index < -0.39 is 0 Å². The van der Waals surface area contributed by atoms with Crippen molar-refractivity contribution in [2.45, 2.75) is 33.8 Å². The van der Waals surface area contributed by atoms with Crippen molar-refractivity contribution in [1.82, 2.24) is 0 Å². The quantitative estimate of drug-likeness (QED) is 0.329. The number of ether oxygens (including phenoxy) is 1. The molecule has 0 bridgehead atoms. The molecule has 0 saturated heterocycles. The van der Waals surface area contributed by atoms with Crippen molar-refractivity contribution in [1.29, 1.82) is 0 Å². The Balaban J connectivity index is 1.60. The van der Waals surface area contributed by atoms with Crippen molar-refractivity contribution in [3.05, 3.63) is 79.9 Å². The van der Waals surface area contributed by atoms with Crippen LogP contribution >= 0.6 is 22.9 Å². The molecule has 0 atom stereocenters. The lowest BCUT2D eigenvalue weighted by molar-refractivity contribution is 0.105. The van der Waals surface area contributed by atoms with Gasteiger partial charge in [-0.2, -0.15) is 0 Å². The largest absolute Gasteiger partial charge is 0.486 e. The number of halogens is 1. The number of thiophene rings is 1. The van der Waals surface area contributed by atoms with Gasteiger partial charge in [0.05, 0.1) is 4.88 Å². The van der Waals surface area contributed by atoms with Crippen LogP contribution in [0, 0.1) is 13.8 Å². The molecule has 2 heterocycles. The lowest BCUT2D eigenvalue weighted by Crippen LogP contribution is -1.95. The minimum absolute atomic E-state index is 0.0129. The van der Waals surface area contributed by atoms with Gasteiger partial charge in [-0.1, -0.05) is 18.5 Å². The van der Waals surface area contributed by atoms with Gasteiger partial charge in [0.25, 0.3) is 0 Å². The summed E-state index contributed by atoms with van der Waals surface area (Å²) in [6, 6.07) is 11.3. The van der Waals surface area contributed by atoms with Gasteiger partial charge in [0, 0.05) is 9.90 Å². The number of furan rings is 1. The Kier molecular flexibility index (Phi) is 6.19. The first-order valence-corrected chi connectivity index (χ1v) is 9.95. The summed E-state index contributed by atoms with van der Waals surface area (Å²) >= 11 is 7.71. The van der Waals surface area contributed by atoms with Crippen LogP contribution in [0.2, 0.25) is 5.02 Å². The van der Waals surface area contributed by atoms with Gasteiger partial charge in [-0.05, 0) is 79.9 Å². The molecule has 3 nitrogen and oxygen atoms in total. The zero-order valence-electron chi connectivity index (χ0n) is 15.5. The lowest BCUT2D eigenvalue weighted by Gasteiger charge is -2.08. The Morgan fingerprint density at radius 1 is 1.19 bits per heavy atom. The molecule has 0 spiro atoms. The second-order valence-corrected chi connectivity index (χ2v) is 7.83. The van der Waals surface area contributed by atoms with E-state index in [1.165, 1.54) is 16.2 Å². The van der Waals surface area contributed by atoms with E-state index in [9.17, 15) is 4.79 Å². The van der Waals surface area contributed by atoms with Crippen LogP contribution in [0.4, 0.5) is 0 Å². The molecule has 0 unspecified atom stereocenters. The minimum Gasteiger partial charge on any atom is -0.486 e. The highest BCUT2D eigenvalue weighted by Crippen LogP contribution is 2.26. The lowest BCUT2D eigenvalue weighted by atomic mass is 10.1. The highest BCUT2D eigenvalue weighted by atomic mass is 35.5. The highest BCUT2D eigenvalue weighted by molar-refractivity contribution is 7.14. The van der Waals surface area contributed by atoms with Gasteiger partial charge in [0.15, 0.2) is 5.78 Å². The van der Waals surface area contributed by atoms with Crippen molar-refractivity contribution < 1.29 is 13.9 Å². The molecule has 0 radical (unpaired) electrons. The first-order chi connectivity index (χ1) is 13.0. The smallest absolute Gasteiger partial charge is 0.195 e.